The van der Waals surface area contributed by atoms with E-state index in [0.717, 1.165) is 25.7 Å². The second-order valence-electron chi connectivity index (χ2n) is 6.49. The summed E-state index contributed by atoms with van der Waals surface area (Å²) in [5.41, 5.74) is -0.111. The van der Waals surface area contributed by atoms with Gasteiger partial charge in [0.1, 0.15) is 17.4 Å². The van der Waals surface area contributed by atoms with Gasteiger partial charge in [-0.15, -0.1) is 0 Å². The van der Waals surface area contributed by atoms with Gasteiger partial charge in [-0.05, 0) is 12.8 Å². The lowest BCUT2D eigenvalue weighted by Crippen LogP contribution is -2.33. The molecule has 1 fully saturated rings. The van der Waals surface area contributed by atoms with Crippen LogP contribution in [0, 0.1) is 0 Å². The third-order valence-corrected chi connectivity index (χ3v) is 4.34. The van der Waals surface area contributed by atoms with E-state index in [0.29, 0.717) is 12.8 Å². The van der Waals surface area contributed by atoms with Crippen LogP contribution in [0.3, 0.4) is 0 Å². The molecule has 1 saturated heterocycles. The molecule has 0 aromatic heterocycles. The Kier molecular flexibility index (Phi) is 9.65. The van der Waals surface area contributed by atoms with Crippen LogP contribution in [0.25, 0.3) is 0 Å². The first-order valence-corrected chi connectivity index (χ1v) is 9.26. The number of Topliss-reactive ketones (excluding diaryl/α,β-unsaturated/α-hetero) is 1. The number of aliphatic hydroxyl groups is 1. The van der Waals surface area contributed by atoms with Gasteiger partial charge in [-0.3, -0.25) is 4.79 Å². The number of ether oxygens (including phenoxy) is 1. The fourth-order valence-corrected chi connectivity index (χ4v) is 2.99. The normalized spacial score (nSPS) is 20.5. The Bertz CT molecular complexity index is 392. The highest BCUT2D eigenvalue weighted by Gasteiger charge is 2.34. The Balaban J connectivity index is 2.31. The lowest BCUT2D eigenvalue weighted by atomic mass is 9.96. The van der Waals surface area contributed by atoms with Crippen LogP contribution in [0.5, 0.6) is 0 Å². The molecule has 1 rings (SSSR count). The molecule has 0 amide bonds. The molecule has 1 heterocycles. The third kappa shape index (κ3) is 7.19. The van der Waals surface area contributed by atoms with Crippen LogP contribution in [0.2, 0.25) is 0 Å². The number of carbonyl (C=O) groups excluding carboxylic acids is 2. The number of aliphatic hydroxyl groups excluding tert-OH is 1. The maximum absolute atomic E-state index is 12.0. The van der Waals surface area contributed by atoms with Crippen molar-refractivity contribution in [2.24, 2.45) is 0 Å². The van der Waals surface area contributed by atoms with Crippen molar-refractivity contribution < 1.29 is 19.4 Å². The van der Waals surface area contributed by atoms with E-state index in [9.17, 15) is 14.7 Å². The SMILES string of the molecule is CCCCCCCCCCC(O)=C1C(=O)CC(CCC)OC1=O. The van der Waals surface area contributed by atoms with Crippen molar-refractivity contribution in [2.75, 3.05) is 0 Å². The van der Waals surface area contributed by atoms with Crippen LogP contribution in [0.1, 0.15) is 90.9 Å². The van der Waals surface area contributed by atoms with Gasteiger partial charge in [-0.25, -0.2) is 4.79 Å². The number of rotatable bonds is 11. The van der Waals surface area contributed by atoms with Gasteiger partial charge in [0.25, 0.3) is 0 Å². The zero-order chi connectivity index (χ0) is 17.1. The number of esters is 1. The third-order valence-electron chi connectivity index (χ3n) is 4.34. The maximum Gasteiger partial charge on any atom is 0.345 e. The Morgan fingerprint density at radius 3 is 2.17 bits per heavy atom. The fourth-order valence-electron chi connectivity index (χ4n) is 2.99. The van der Waals surface area contributed by atoms with Crippen molar-refractivity contribution in [2.45, 2.75) is 97.0 Å². The largest absolute Gasteiger partial charge is 0.511 e. The summed E-state index contributed by atoms with van der Waals surface area (Å²) < 4.78 is 5.24. The molecule has 0 aromatic rings. The molecule has 0 spiro atoms. The maximum atomic E-state index is 12.0. The minimum Gasteiger partial charge on any atom is -0.511 e. The van der Waals surface area contributed by atoms with Gasteiger partial charge in [0, 0.05) is 12.8 Å². The number of hydrogen-bond acceptors (Lipinski definition) is 4. The minimum atomic E-state index is -0.642. The van der Waals surface area contributed by atoms with E-state index >= 15 is 0 Å². The average molecular weight is 324 g/mol. The van der Waals surface area contributed by atoms with Crippen LogP contribution in [0.15, 0.2) is 11.3 Å². The van der Waals surface area contributed by atoms with E-state index in [1.807, 2.05) is 6.92 Å². The van der Waals surface area contributed by atoms with E-state index in [4.69, 9.17) is 4.74 Å². The van der Waals surface area contributed by atoms with Gasteiger partial charge < -0.3 is 9.84 Å². The zero-order valence-electron chi connectivity index (χ0n) is 14.7. The van der Waals surface area contributed by atoms with Crippen molar-refractivity contribution in [1.29, 1.82) is 0 Å². The van der Waals surface area contributed by atoms with Crippen LogP contribution in [-0.4, -0.2) is 23.0 Å². The Morgan fingerprint density at radius 1 is 1.00 bits per heavy atom. The summed E-state index contributed by atoms with van der Waals surface area (Å²) in [5.74, 6) is -0.991. The number of allylic oxidation sites excluding steroid dienone is 1. The lowest BCUT2D eigenvalue weighted by Gasteiger charge is -2.23. The molecule has 1 atom stereocenters. The van der Waals surface area contributed by atoms with Gasteiger partial charge >= 0.3 is 5.97 Å². The standard InChI is InChI=1S/C19H32O4/c1-3-5-6-7-8-9-10-11-13-16(20)18-17(21)14-15(12-4-2)23-19(18)22/h15,20H,3-14H2,1-2H3. The number of hydrogen-bond donors (Lipinski definition) is 1. The Morgan fingerprint density at radius 2 is 1.61 bits per heavy atom. The molecule has 1 N–H and O–H groups in total. The monoisotopic (exact) mass is 324 g/mol. The molecule has 0 aliphatic carbocycles. The van der Waals surface area contributed by atoms with Crippen molar-refractivity contribution in [1.82, 2.24) is 0 Å². The summed E-state index contributed by atoms with van der Waals surface area (Å²) >= 11 is 0. The molecule has 1 aliphatic heterocycles. The van der Waals surface area contributed by atoms with Gasteiger partial charge in [-0.2, -0.15) is 0 Å². The van der Waals surface area contributed by atoms with Crippen molar-refractivity contribution >= 4 is 11.8 Å². The van der Waals surface area contributed by atoms with E-state index in [1.165, 1.54) is 32.1 Å². The first-order chi connectivity index (χ1) is 11.1. The summed E-state index contributed by atoms with van der Waals surface area (Å²) in [5, 5.41) is 10.1. The first-order valence-electron chi connectivity index (χ1n) is 9.26. The molecule has 132 valence electrons. The molecule has 0 radical (unpaired) electrons. The summed E-state index contributed by atoms with van der Waals surface area (Å²) in [6, 6.07) is 0. The van der Waals surface area contributed by atoms with E-state index < -0.39 is 5.97 Å². The smallest absolute Gasteiger partial charge is 0.345 e. The van der Waals surface area contributed by atoms with Crippen molar-refractivity contribution in [3.05, 3.63) is 11.3 Å². The highest BCUT2D eigenvalue weighted by molar-refractivity contribution is 6.19. The van der Waals surface area contributed by atoms with Crippen LogP contribution in [-0.2, 0) is 14.3 Å². The molecule has 1 aliphatic rings. The van der Waals surface area contributed by atoms with Gasteiger partial charge in [0.15, 0.2) is 5.78 Å². The molecule has 0 aromatic carbocycles. The lowest BCUT2D eigenvalue weighted by molar-refractivity contribution is -0.151. The molecule has 4 nitrogen and oxygen atoms in total. The molecular formula is C19H32O4. The predicted octanol–water partition coefficient (Wildman–Crippen LogP) is 5.01. The summed E-state index contributed by atoms with van der Waals surface area (Å²) in [4.78, 5) is 24.0. The van der Waals surface area contributed by atoms with Crippen LogP contribution >= 0.6 is 0 Å². The Hall–Kier alpha value is -1.32. The second-order valence-corrected chi connectivity index (χ2v) is 6.49. The van der Waals surface area contributed by atoms with Crippen LogP contribution in [0.4, 0.5) is 0 Å². The quantitative estimate of drug-likeness (QED) is 0.191. The molecule has 23 heavy (non-hydrogen) atoms. The Labute approximate surface area is 140 Å². The molecule has 4 heteroatoms. The molecule has 0 saturated carbocycles. The number of cyclic esters (lactones) is 1. The summed E-state index contributed by atoms with van der Waals surface area (Å²) in [6.07, 6.45) is 11.2. The predicted molar refractivity (Wildman–Crippen MR) is 91.3 cm³/mol. The first kappa shape index (κ1) is 19.7. The topological polar surface area (TPSA) is 63.6 Å². The molecule has 0 bridgehead atoms. The second kappa shape index (κ2) is 11.3. The van der Waals surface area contributed by atoms with E-state index in [1.54, 1.807) is 0 Å². The van der Waals surface area contributed by atoms with Crippen LogP contribution < -0.4 is 0 Å². The van der Waals surface area contributed by atoms with Crippen molar-refractivity contribution in [3.8, 4) is 0 Å². The number of carbonyl (C=O) groups is 2. The highest BCUT2D eigenvalue weighted by atomic mass is 16.5. The van der Waals surface area contributed by atoms with E-state index in [-0.39, 0.29) is 29.6 Å². The van der Waals surface area contributed by atoms with Gasteiger partial charge in [0.2, 0.25) is 0 Å². The fraction of sp³-hybridized carbons (Fsp3) is 0.789. The van der Waals surface area contributed by atoms with Crippen molar-refractivity contribution in [3.63, 3.8) is 0 Å². The number of unbranched alkanes of at least 4 members (excludes halogenated alkanes) is 7. The summed E-state index contributed by atoms with van der Waals surface area (Å²) in [6.45, 7) is 4.20. The summed E-state index contributed by atoms with van der Waals surface area (Å²) in [7, 11) is 0. The molecule has 1 unspecified atom stereocenters. The number of ketones is 1. The zero-order valence-corrected chi connectivity index (χ0v) is 14.7. The highest BCUT2D eigenvalue weighted by Crippen LogP contribution is 2.23. The minimum absolute atomic E-state index is 0.0825. The average Bonchev–Trinajstić information content (AvgIpc) is 2.49. The molecular weight excluding hydrogens is 292 g/mol. The van der Waals surface area contributed by atoms with Gasteiger partial charge in [0.05, 0.1) is 0 Å². The van der Waals surface area contributed by atoms with Gasteiger partial charge in [-0.1, -0.05) is 65.2 Å². The van der Waals surface area contributed by atoms with E-state index in [2.05, 4.69) is 6.92 Å².